The summed E-state index contributed by atoms with van der Waals surface area (Å²) in [7, 11) is 2.24. The van der Waals surface area contributed by atoms with E-state index in [1.54, 1.807) is 0 Å². The van der Waals surface area contributed by atoms with E-state index in [0.717, 1.165) is 10.5 Å². The van der Waals surface area contributed by atoms with E-state index < -0.39 is 0 Å². The smallest absolute Gasteiger partial charge is 1.00 e. The third-order valence-electron chi connectivity index (χ3n) is 3.61. The normalized spacial score (nSPS) is 17.1. The Bertz CT molecular complexity index is 327. The topological polar surface area (TPSA) is 3.24 Å². The van der Waals surface area contributed by atoms with Crippen LogP contribution in [0.5, 0.6) is 0 Å². The molecule has 2 rings (SSSR count). The van der Waals surface area contributed by atoms with Crippen LogP contribution in [-0.2, 0) is 0 Å². The van der Waals surface area contributed by atoms with E-state index >= 15 is 0 Å². The fraction of sp³-hybridized carbons (Fsp3) is 0.571. The Kier molecular flexibility index (Phi) is 6.89. The van der Waals surface area contributed by atoms with Gasteiger partial charge < -0.3 is 7.75 Å². The predicted molar refractivity (Wildman–Crippen MR) is 82.0 cm³/mol. The number of hydrogen-bond acceptors (Lipinski definition) is 1. The fourth-order valence-electron chi connectivity index (χ4n) is 2.53. The van der Waals surface area contributed by atoms with Gasteiger partial charge in [-0.25, -0.2) is 0 Å². The first-order chi connectivity index (χ1) is 7.77. The van der Waals surface area contributed by atoms with Crippen molar-refractivity contribution in [1.82, 2.24) is 0 Å². The minimum atomic E-state index is 0. The van der Waals surface area contributed by atoms with E-state index in [1.807, 2.05) is 0 Å². The summed E-state index contributed by atoms with van der Waals surface area (Å²) in [6.45, 7) is 0. The third kappa shape index (κ3) is 4.45. The summed E-state index contributed by atoms with van der Waals surface area (Å²) in [4.78, 5) is 2.46. The Labute approximate surface area is 132 Å². The van der Waals surface area contributed by atoms with Gasteiger partial charge in [-0.05, 0) is 37.1 Å². The molecule has 1 fully saturated rings. The van der Waals surface area contributed by atoms with Crippen LogP contribution < -0.4 is 4.90 Å². The second kappa shape index (κ2) is 7.65. The molecule has 0 atom stereocenters. The average molecular weight is 309 g/mol. The van der Waals surface area contributed by atoms with Crippen molar-refractivity contribution in [2.45, 2.75) is 44.6 Å². The van der Waals surface area contributed by atoms with E-state index in [1.165, 1.54) is 44.2 Å². The van der Waals surface area contributed by atoms with Gasteiger partial charge in [-0.2, -0.15) is 0 Å². The van der Waals surface area contributed by atoms with Crippen LogP contribution in [0.1, 0.15) is 41.4 Å². The van der Waals surface area contributed by atoms with Crippen LogP contribution in [-0.4, -0.2) is 36.1 Å². The van der Waals surface area contributed by atoms with Crippen LogP contribution in [0.4, 0.5) is 5.69 Å². The van der Waals surface area contributed by atoms with Gasteiger partial charge in [0.2, 0.25) is 0 Å². The Balaban J connectivity index is 0. The molecule has 0 heterocycles. The van der Waals surface area contributed by atoms with Crippen molar-refractivity contribution in [2.24, 2.45) is 0 Å². The van der Waals surface area contributed by atoms with Crippen LogP contribution in [0.25, 0.3) is 0 Å². The van der Waals surface area contributed by atoms with Crippen molar-refractivity contribution in [1.29, 1.82) is 0 Å². The first kappa shape index (κ1) is 15.3. The summed E-state index contributed by atoms with van der Waals surface area (Å²) in [5, 5.41) is 0. The maximum absolute atomic E-state index is 3.48. The number of benzene rings is 1. The zero-order chi connectivity index (χ0) is 11.4. The molecule has 0 aliphatic heterocycles. The summed E-state index contributed by atoms with van der Waals surface area (Å²) < 4.78 is 1.16. The monoisotopic (exact) mass is 307 g/mol. The minimum absolute atomic E-state index is 0. The molecular formula is C14H22BrMgN. The molecule has 1 aromatic rings. The predicted octanol–water partition coefficient (Wildman–Crippen LogP) is 4.45. The van der Waals surface area contributed by atoms with Gasteiger partial charge in [0.05, 0.1) is 0 Å². The molecule has 0 bridgehead atoms. The number of nitrogens with zero attached hydrogens (tertiary/aromatic N) is 1. The van der Waals surface area contributed by atoms with E-state index in [-0.39, 0.29) is 25.9 Å². The van der Waals surface area contributed by atoms with E-state index in [0.29, 0.717) is 0 Å². The standard InChI is InChI=1S/C14H20BrN.Mg.2H/c1-16(13-6-4-2-3-5-7-13)14-10-8-12(15)9-11-14;;;/h8-11,13H,2-7H2,1H3;;;/q;+2;2*-1. The molecule has 1 aromatic carbocycles. The Hall–Kier alpha value is 0.266. The SMILES string of the molecule is CN(c1ccc(Br)cc1)C1CCCCCC1.[H-].[H-].[Mg+2]. The van der Waals surface area contributed by atoms with Crippen molar-refractivity contribution in [3.8, 4) is 0 Å². The van der Waals surface area contributed by atoms with Gasteiger partial charge >= 0.3 is 23.1 Å². The molecule has 0 unspecified atom stereocenters. The zero-order valence-corrected chi connectivity index (χ0v) is 13.7. The van der Waals surface area contributed by atoms with Crippen LogP contribution in [0.2, 0.25) is 0 Å². The Morgan fingerprint density at radius 3 is 2.12 bits per heavy atom. The van der Waals surface area contributed by atoms with Gasteiger partial charge in [-0.1, -0.05) is 41.6 Å². The van der Waals surface area contributed by atoms with Crippen LogP contribution in [0, 0.1) is 0 Å². The van der Waals surface area contributed by atoms with Crippen molar-refractivity contribution in [3.05, 3.63) is 28.7 Å². The molecule has 17 heavy (non-hydrogen) atoms. The summed E-state index contributed by atoms with van der Waals surface area (Å²) >= 11 is 3.48. The van der Waals surface area contributed by atoms with Crippen LogP contribution in [0.15, 0.2) is 28.7 Å². The molecule has 0 aromatic heterocycles. The van der Waals surface area contributed by atoms with Gasteiger partial charge in [0.1, 0.15) is 0 Å². The van der Waals surface area contributed by atoms with E-state index in [9.17, 15) is 0 Å². The summed E-state index contributed by atoms with van der Waals surface area (Å²) in [6, 6.07) is 9.40. The molecule has 0 saturated heterocycles. The number of hydrogen-bond donors (Lipinski definition) is 0. The Morgan fingerprint density at radius 2 is 1.59 bits per heavy atom. The largest absolute Gasteiger partial charge is 2.00 e. The summed E-state index contributed by atoms with van der Waals surface area (Å²) in [5.74, 6) is 0. The maximum Gasteiger partial charge on any atom is 2.00 e. The molecule has 0 N–H and O–H groups in total. The van der Waals surface area contributed by atoms with Gasteiger partial charge in [0.25, 0.3) is 0 Å². The fourth-order valence-corrected chi connectivity index (χ4v) is 2.80. The van der Waals surface area contributed by atoms with Crippen molar-refractivity contribution in [3.63, 3.8) is 0 Å². The molecule has 3 heteroatoms. The molecular weight excluding hydrogens is 286 g/mol. The van der Waals surface area contributed by atoms with E-state index in [4.69, 9.17) is 0 Å². The minimum Gasteiger partial charge on any atom is -1.00 e. The first-order valence-corrected chi connectivity index (χ1v) is 7.05. The third-order valence-corrected chi connectivity index (χ3v) is 4.13. The molecule has 1 nitrogen and oxygen atoms in total. The van der Waals surface area contributed by atoms with Gasteiger partial charge in [0.15, 0.2) is 0 Å². The summed E-state index contributed by atoms with van der Waals surface area (Å²) in [6.07, 6.45) is 8.34. The van der Waals surface area contributed by atoms with Gasteiger partial charge in [0, 0.05) is 23.2 Å². The van der Waals surface area contributed by atoms with Crippen molar-refractivity contribution >= 4 is 44.7 Å². The second-order valence-corrected chi connectivity index (χ2v) is 5.65. The van der Waals surface area contributed by atoms with Gasteiger partial charge in [-0.15, -0.1) is 0 Å². The summed E-state index contributed by atoms with van der Waals surface area (Å²) in [5.41, 5.74) is 1.34. The molecule has 92 valence electrons. The molecule has 1 aliphatic carbocycles. The maximum atomic E-state index is 3.48. The molecule has 0 spiro atoms. The average Bonchev–Trinajstić information content (AvgIpc) is 2.57. The van der Waals surface area contributed by atoms with Crippen molar-refractivity contribution in [2.75, 3.05) is 11.9 Å². The molecule has 0 amide bonds. The number of rotatable bonds is 2. The molecule has 0 radical (unpaired) electrons. The molecule has 1 aliphatic rings. The first-order valence-electron chi connectivity index (χ1n) is 6.26. The quantitative estimate of drug-likeness (QED) is 0.576. The Morgan fingerprint density at radius 1 is 1.06 bits per heavy atom. The molecule has 1 saturated carbocycles. The van der Waals surface area contributed by atoms with Gasteiger partial charge in [-0.3, -0.25) is 0 Å². The van der Waals surface area contributed by atoms with E-state index in [2.05, 4.69) is 52.1 Å². The van der Waals surface area contributed by atoms with Crippen LogP contribution >= 0.6 is 15.9 Å². The van der Waals surface area contributed by atoms with Crippen LogP contribution in [0.3, 0.4) is 0 Å². The zero-order valence-electron chi connectivity index (χ0n) is 12.7. The number of anilines is 1. The van der Waals surface area contributed by atoms with Crippen molar-refractivity contribution < 1.29 is 2.85 Å². The number of halogens is 1. The second-order valence-electron chi connectivity index (χ2n) is 4.73.